The fourth-order valence-electron chi connectivity index (χ4n) is 5.82. The number of carbonyl (C=O) groups excluding carboxylic acids is 3. The molecule has 1 atom stereocenters. The van der Waals surface area contributed by atoms with Gasteiger partial charge in [-0.05, 0) is 31.7 Å². The lowest BCUT2D eigenvalue weighted by atomic mass is 10.1. The third-order valence-electron chi connectivity index (χ3n) is 8.65. The summed E-state index contributed by atoms with van der Waals surface area (Å²) in [7, 11) is 0. The topological polar surface area (TPSA) is 192 Å². The summed E-state index contributed by atoms with van der Waals surface area (Å²) in [6, 6.07) is 19.9. The molecule has 2 aliphatic rings. The molecule has 18 heteroatoms. The lowest BCUT2D eigenvalue weighted by Crippen LogP contribution is -2.56. The quantitative estimate of drug-likeness (QED) is 0.239. The Balaban J connectivity index is 0.000000876. The van der Waals surface area contributed by atoms with Gasteiger partial charge in [0.1, 0.15) is 17.8 Å². The number of rotatable bonds is 12. The Bertz CT molecular complexity index is 1750. The van der Waals surface area contributed by atoms with Gasteiger partial charge in [0.2, 0.25) is 11.8 Å². The molecule has 0 bridgehead atoms. The molecule has 3 N–H and O–H groups in total. The zero-order chi connectivity index (χ0) is 40.0. The number of aromatic nitrogens is 2. The molecule has 296 valence electrons. The number of carboxylic acids is 2. The van der Waals surface area contributed by atoms with Crippen molar-refractivity contribution in [3.63, 3.8) is 0 Å². The number of nitrogens with one attached hydrogen (secondary N) is 1. The Labute approximate surface area is 315 Å². The Hall–Kier alpha value is -5.78. The number of hydrogen-bond donors (Lipinski definition) is 3. The van der Waals surface area contributed by atoms with Crippen LogP contribution in [0, 0.1) is 0 Å². The van der Waals surface area contributed by atoms with E-state index in [1.165, 1.54) is 21.4 Å². The summed E-state index contributed by atoms with van der Waals surface area (Å²) in [5, 5.41) is 19.2. The minimum absolute atomic E-state index is 0.000576. The number of ether oxygens (including phenoxy) is 2. The zero-order valence-electron chi connectivity index (χ0n) is 30.1. The van der Waals surface area contributed by atoms with Gasteiger partial charge in [0.25, 0.3) is 5.91 Å². The normalized spacial score (nSPS) is 15.6. The van der Waals surface area contributed by atoms with Crippen LogP contribution in [-0.2, 0) is 25.7 Å². The van der Waals surface area contributed by atoms with Gasteiger partial charge in [0, 0.05) is 63.9 Å². The maximum absolute atomic E-state index is 13.7. The summed E-state index contributed by atoms with van der Waals surface area (Å²) in [5.74, 6) is -4.38. The van der Waals surface area contributed by atoms with E-state index < -0.39 is 42.1 Å². The summed E-state index contributed by atoms with van der Waals surface area (Å²) >= 11 is 0. The van der Waals surface area contributed by atoms with Crippen LogP contribution < -0.4 is 10.1 Å². The summed E-state index contributed by atoms with van der Waals surface area (Å²) < 4.78 is 43.1. The van der Waals surface area contributed by atoms with Crippen molar-refractivity contribution in [3.8, 4) is 17.3 Å². The average molecular weight is 773 g/mol. The number of piperazine rings is 1. The van der Waals surface area contributed by atoms with Crippen LogP contribution in [0.2, 0.25) is 0 Å². The number of benzene rings is 2. The molecular weight excluding hydrogens is 729 g/mol. The van der Waals surface area contributed by atoms with Crippen LogP contribution in [0.15, 0.2) is 66.7 Å². The first-order valence-corrected chi connectivity index (χ1v) is 17.6. The van der Waals surface area contributed by atoms with E-state index in [4.69, 9.17) is 19.4 Å². The Morgan fingerprint density at radius 3 is 2.02 bits per heavy atom. The van der Waals surface area contributed by atoms with Gasteiger partial charge in [0.05, 0.1) is 6.61 Å². The molecule has 0 unspecified atom stereocenters. The highest BCUT2D eigenvalue weighted by Crippen LogP contribution is 2.24. The number of hydrogen-bond acceptors (Lipinski definition) is 10. The van der Waals surface area contributed by atoms with Crippen LogP contribution in [0.25, 0.3) is 11.4 Å². The van der Waals surface area contributed by atoms with Crippen molar-refractivity contribution in [1.82, 2.24) is 30.0 Å². The number of aliphatic carboxylic acids is 2. The van der Waals surface area contributed by atoms with Crippen LogP contribution >= 0.6 is 0 Å². The molecule has 3 heterocycles. The highest BCUT2D eigenvalue weighted by molar-refractivity contribution is 5.96. The maximum atomic E-state index is 13.7. The first-order chi connectivity index (χ1) is 26.2. The molecule has 2 aliphatic heterocycles. The molecule has 0 aliphatic carbocycles. The minimum atomic E-state index is -5.08. The number of nitrogens with zero attached hydrogens (tertiary/aromatic N) is 5. The molecule has 15 nitrogen and oxygen atoms in total. The molecule has 5 rings (SSSR count). The lowest BCUT2D eigenvalue weighted by molar-refractivity contribution is -0.192. The molecule has 3 amide bonds. The van der Waals surface area contributed by atoms with Crippen molar-refractivity contribution in [1.29, 1.82) is 0 Å². The Morgan fingerprint density at radius 1 is 0.873 bits per heavy atom. The number of piperidine rings is 1. The van der Waals surface area contributed by atoms with Gasteiger partial charge in [-0.3, -0.25) is 19.3 Å². The molecule has 1 aromatic heterocycles. The van der Waals surface area contributed by atoms with Crippen molar-refractivity contribution < 1.29 is 56.8 Å². The number of alkyl halides is 3. The molecule has 55 heavy (non-hydrogen) atoms. The van der Waals surface area contributed by atoms with Gasteiger partial charge < -0.3 is 34.8 Å². The second kappa shape index (κ2) is 20.1. The van der Waals surface area contributed by atoms with E-state index in [1.807, 2.05) is 48.5 Å². The molecule has 3 aromatic rings. The summed E-state index contributed by atoms with van der Waals surface area (Å²) in [4.78, 5) is 74.3. The van der Waals surface area contributed by atoms with E-state index in [1.54, 1.807) is 6.92 Å². The van der Waals surface area contributed by atoms with Crippen molar-refractivity contribution in [2.75, 3.05) is 45.9 Å². The van der Waals surface area contributed by atoms with E-state index in [9.17, 15) is 37.5 Å². The second-order valence-electron chi connectivity index (χ2n) is 12.6. The molecule has 2 fully saturated rings. The van der Waals surface area contributed by atoms with Crippen LogP contribution in [0.5, 0.6) is 5.88 Å². The van der Waals surface area contributed by atoms with Crippen LogP contribution in [-0.4, -0.2) is 129 Å². The summed E-state index contributed by atoms with van der Waals surface area (Å²) in [6.45, 7) is 5.53. The van der Waals surface area contributed by atoms with Crippen molar-refractivity contribution in [2.45, 2.75) is 57.5 Å². The van der Waals surface area contributed by atoms with E-state index in [-0.39, 0.29) is 63.3 Å². The van der Waals surface area contributed by atoms with E-state index in [0.29, 0.717) is 11.4 Å². The standard InChI is InChI=1S/C35H42N6O7.C2HF3O2/c1-2-47-35(46)41-21-19-40(20-22-41)34(45)28(13-14-31(42)43)37-33(44)29-23-30(38-32(36-29)26-11-7-4-8-12-26)48-27-15-17-39(18-16-27)24-25-9-5-3-6-10-25;3-2(4,5)1(6)7/h3-12,23,27-28H,2,13-22,24H2,1H3,(H,37,44)(H,42,43);(H,6,7)/t28-;/m0./s1. The van der Waals surface area contributed by atoms with Gasteiger partial charge in [-0.15, -0.1) is 0 Å². The van der Waals surface area contributed by atoms with Crippen LogP contribution in [0.3, 0.4) is 0 Å². The minimum Gasteiger partial charge on any atom is -0.481 e. The van der Waals surface area contributed by atoms with Crippen LogP contribution in [0.4, 0.5) is 18.0 Å². The predicted molar refractivity (Wildman–Crippen MR) is 190 cm³/mol. The second-order valence-corrected chi connectivity index (χ2v) is 12.6. The van der Waals surface area contributed by atoms with Crippen molar-refractivity contribution in [3.05, 3.63) is 78.0 Å². The van der Waals surface area contributed by atoms with Crippen molar-refractivity contribution >= 4 is 29.8 Å². The van der Waals surface area contributed by atoms with Gasteiger partial charge in [-0.1, -0.05) is 60.7 Å². The first kappa shape index (κ1) is 42.0. The number of likely N-dealkylation sites (tertiary alicyclic amines) is 1. The van der Waals surface area contributed by atoms with Gasteiger partial charge in [-0.25, -0.2) is 14.6 Å². The summed E-state index contributed by atoms with van der Waals surface area (Å²) in [5.41, 5.74) is 1.95. The maximum Gasteiger partial charge on any atom is 0.490 e. The fourth-order valence-corrected chi connectivity index (χ4v) is 5.82. The fraction of sp³-hybridized carbons (Fsp3) is 0.432. The molecule has 2 aromatic carbocycles. The zero-order valence-corrected chi connectivity index (χ0v) is 30.1. The summed E-state index contributed by atoms with van der Waals surface area (Å²) in [6.07, 6.45) is -4.50. The van der Waals surface area contributed by atoms with E-state index >= 15 is 0 Å². The third kappa shape index (κ3) is 13.2. The van der Waals surface area contributed by atoms with Gasteiger partial charge in [0.15, 0.2) is 5.82 Å². The number of carboxylic acid groups (broad SMARTS) is 2. The van der Waals surface area contributed by atoms with Crippen molar-refractivity contribution in [2.24, 2.45) is 0 Å². The molecular formula is C37H43F3N6O9. The highest BCUT2D eigenvalue weighted by atomic mass is 19.4. The third-order valence-corrected chi connectivity index (χ3v) is 8.65. The number of carbonyl (C=O) groups is 5. The molecule has 0 spiro atoms. The largest absolute Gasteiger partial charge is 0.490 e. The Kier molecular flexibility index (Phi) is 15.3. The smallest absolute Gasteiger partial charge is 0.481 e. The SMILES string of the molecule is CCOC(=O)N1CCN(C(=O)[C@H](CCC(=O)O)NC(=O)c2cc(OC3CCN(Cc4ccccc4)CC3)nc(-c3ccccc3)n2)CC1.O=C(O)C(F)(F)F. The highest BCUT2D eigenvalue weighted by Gasteiger charge is 2.38. The molecule has 2 saturated heterocycles. The molecule has 0 saturated carbocycles. The van der Waals surface area contributed by atoms with E-state index in [2.05, 4.69) is 32.3 Å². The lowest BCUT2D eigenvalue weighted by Gasteiger charge is -2.35. The average Bonchev–Trinajstić information content (AvgIpc) is 3.17. The first-order valence-electron chi connectivity index (χ1n) is 17.6. The number of amides is 3. The van der Waals surface area contributed by atoms with Gasteiger partial charge in [-0.2, -0.15) is 18.2 Å². The Morgan fingerprint density at radius 2 is 1.45 bits per heavy atom. The predicted octanol–water partition coefficient (Wildman–Crippen LogP) is 4.08. The van der Waals surface area contributed by atoms with Crippen LogP contribution in [0.1, 0.15) is 48.7 Å². The van der Waals surface area contributed by atoms with Gasteiger partial charge >= 0.3 is 24.2 Å². The monoisotopic (exact) mass is 772 g/mol. The number of halogens is 3. The molecule has 0 radical (unpaired) electrons. The van der Waals surface area contributed by atoms with E-state index in [0.717, 1.165) is 32.5 Å².